The molecule has 1 aromatic carbocycles. The first-order valence-electron chi connectivity index (χ1n) is 12.9. The summed E-state index contributed by atoms with van der Waals surface area (Å²) in [5.41, 5.74) is 0.939. The molecule has 0 amide bonds. The lowest BCUT2D eigenvalue weighted by atomic mass is 9.86. The van der Waals surface area contributed by atoms with Crippen molar-refractivity contribution in [3.63, 3.8) is 0 Å². The summed E-state index contributed by atoms with van der Waals surface area (Å²) in [6, 6.07) is 10.2. The van der Waals surface area contributed by atoms with Gasteiger partial charge < -0.3 is 33.2 Å². The fraction of sp³-hybridized carbons (Fsp3) is 0.778. The van der Waals surface area contributed by atoms with Crippen LogP contribution in [0.3, 0.4) is 0 Å². The summed E-state index contributed by atoms with van der Waals surface area (Å²) in [6.45, 7) is 8.05. The van der Waals surface area contributed by atoms with Gasteiger partial charge in [-0.05, 0) is 30.1 Å². The molecule has 1 aliphatic carbocycles. The van der Waals surface area contributed by atoms with Crippen LogP contribution in [0.1, 0.15) is 39.2 Å². The highest BCUT2D eigenvalue weighted by Gasteiger charge is 2.57. The zero-order valence-electron chi connectivity index (χ0n) is 21.7. The lowest BCUT2D eigenvalue weighted by molar-refractivity contribution is -0.343. The number of thioether (sulfide) groups is 1. The van der Waals surface area contributed by atoms with E-state index in [1.807, 2.05) is 18.2 Å². The fourth-order valence-electron chi connectivity index (χ4n) is 5.27. The SMILES string of the molecule is CCS[C@H]1O[C@H](COCC(C)C)[C@H]2O[C@@H]3[C@@H](O[C@@H]2[C@@H]1OCc1ccccc1)[C@H](OC)CC[C@H]3OC. The van der Waals surface area contributed by atoms with Gasteiger partial charge in [0.25, 0.3) is 0 Å². The van der Waals surface area contributed by atoms with E-state index in [2.05, 4.69) is 32.9 Å². The van der Waals surface area contributed by atoms with Gasteiger partial charge in [0.1, 0.15) is 42.1 Å². The van der Waals surface area contributed by atoms with Crippen molar-refractivity contribution in [3.8, 4) is 0 Å². The van der Waals surface area contributed by atoms with Gasteiger partial charge in [-0.15, -0.1) is 11.8 Å². The molecule has 198 valence electrons. The highest BCUT2D eigenvalue weighted by molar-refractivity contribution is 7.99. The number of hydrogen-bond donors (Lipinski definition) is 0. The topological polar surface area (TPSA) is 64.6 Å². The van der Waals surface area contributed by atoms with Crippen LogP contribution in [-0.4, -0.2) is 87.5 Å². The third-order valence-corrected chi connectivity index (χ3v) is 8.01. The predicted octanol–water partition coefficient (Wildman–Crippen LogP) is 4.07. The monoisotopic (exact) mass is 510 g/mol. The standard InChI is InChI=1S/C27H42O7S/c1-6-35-27-26(31-15-18-10-8-7-9-11-18)25-24(21(32-27)16-30-14-17(2)3)33-22-19(28-4)12-13-20(29-5)23(22)34-25/h7-11,17,19-27H,6,12-16H2,1-5H3/t19-,20-,21-,22+,23+,24-,25+,26+,27-/m1/s1. The third kappa shape index (κ3) is 6.60. The fourth-order valence-corrected chi connectivity index (χ4v) is 6.24. The van der Waals surface area contributed by atoms with Crippen molar-refractivity contribution in [3.05, 3.63) is 35.9 Å². The van der Waals surface area contributed by atoms with Gasteiger partial charge in [-0.1, -0.05) is 51.1 Å². The third-order valence-electron chi connectivity index (χ3n) is 6.97. The van der Waals surface area contributed by atoms with E-state index in [1.54, 1.807) is 26.0 Å². The Kier molecular flexibility index (Phi) is 10.3. The lowest BCUT2D eigenvalue weighted by Crippen LogP contribution is -2.69. The van der Waals surface area contributed by atoms with E-state index in [-0.39, 0.29) is 54.3 Å². The van der Waals surface area contributed by atoms with E-state index in [4.69, 9.17) is 33.2 Å². The van der Waals surface area contributed by atoms with Gasteiger partial charge in [0.2, 0.25) is 0 Å². The highest BCUT2D eigenvalue weighted by atomic mass is 32.2. The van der Waals surface area contributed by atoms with Crippen molar-refractivity contribution in [1.29, 1.82) is 0 Å². The Morgan fingerprint density at radius 2 is 1.57 bits per heavy atom. The van der Waals surface area contributed by atoms with Gasteiger partial charge in [-0.2, -0.15) is 0 Å². The summed E-state index contributed by atoms with van der Waals surface area (Å²) in [7, 11) is 3.49. The van der Waals surface area contributed by atoms with Crippen LogP contribution in [-0.2, 0) is 39.8 Å². The summed E-state index contributed by atoms with van der Waals surface area (Å²) < 4.78 is 44.5. The van der Waals surface area contributed by atoms with Gasteiger partial charge in [0.05, 0.1) is 25.4 Å². The van der Waals surface area contributed by atoms with E-state index in [0.29, 0.717) is 25.7 Å². The maximum atomic E-state index is 6.86. The quantitative estimate of drug-likeness (QED) is 0.442. The normalized spacial score (nSPS) is 37.1. The van der Waals surface area contributed by atoms with Crippen LogP contribution < -0.4 is 0 Å². The molecule has 35 heavy (non-hydrogen) atoms. The molecule has 3 fully saturated rings. The molecular weight excluding hydrogens is 468 g/mol. The maximum Gasteiger partial charge on any atom is 0.132 e. The lowest BCUT2D eigenvalue weighted by Gasteiger charge is -2.55. The average molecular weight is 511 g/mol. The molecule has 3 aliphatic rings. The van der Waals surface area contributed by atoms with Crippen molar-refractivity contribution >= 4 is 11.8 Å². The summed E-state index contributed by atoms with van der Waals surface area (Å²) >= 11 is 1.74. The Balaban J connectivity index is 1.58. The Labute approximate surface area is 214 Å². The number of methoxy groups -OCH3 is 2. The van der Waals surface area contributed by atoms with Crippen LogP contribution >= 0.6 is 11.8 Å². The van der Waals surface area contributed by atoms with Gasteiger partial charge in [0.15, 0.2) is 0 Å². The number of fused-ring (bicyclic) bond motifs is 2. The van der Waals surface area contributed by atoms with E-state index in [9.17, 15) is 0 Å². The van der Waals surface area contributed by atoms with Crippen molar-refractivity contribution < 1.29 is 33.2 Å². The molecule has 0 spiro atoms. The minimum absolute atomic E-state index is 0.0436. The largest absolute Gasteiger partial charge is 0.379 e. The Morgan fingerprint density at radius 1 is 0.914 bits per heavy atom. The zero-order chi connectivity index (χ0) is 24.8. The molecular formula is C27H42O7S. The molecule has 7 nitrogen and oxygen atoms in total. The minimum Gasteiger partial charge on any atom is -0.379 e. The van der Waals surface area contributed by atoms with Gasteiger partial charge in [-0.3, -0.25) is 0 Å². The first-order valence-corrected chi connectivity index (χ1v) is 14.0. The highest BCUT2D eigenvalue weighted by Crippen LogP contribution is 2.42. The Bertz CT molecular complexity index is 750. The van der Waals surface area contributed by atoms with Crippen LogP contribution in [0.25, 0.3) is 0 Å². The van der Waals surface area contributed by atoms with Crippen LogP contribution in [0, 0.1) is 5.92 Å². The van der Waals surface area contributed by atoms with Crippen molar-refractivity contribution in [2.75, 3.05) is 33.2 Å². The van der Waals surface area contributed by atoms with Crippen LogP contribution in [0.4, 0.5) is 0 Å². The second-order valence-corrected chi connectivity index (χ2v) is 11.3. The molecule has 0 unspecified atom stereocenters. The summed E-state index contributed by atoms with van der Waals surface area (Å²) in [5.74, 6) is 1.36. The molecule has 1 aromatic rings. The van der Waals surface area contributed by atoms with Crippen molar-refractivity contribution in [2.45, 2.75) is 94.5 Å². The van der Waals surface area contributed by atoms with Crippen molar-refractivity contribution in [2.24, 2.45) is 5.92 Å². The molecule has 0 N–H and O–H groups in total. The molecule has 0 aromatic heterocycles. The summed E-state index contributed by atoms with van der Waals surface area (Å²) in [4.78, 5) is 0. The summed E-state index contributed by atoms with van der Waals surface area (Å²) in [5, 5.41) is 0. The molecule has 0 bridgehead atoms. The molecule has 2 saturated heterocycles. The van der Waals surface area contributed by atoms with E-state index >= 15 is 0 Å². The van der Waals surface area contributed by atoms with Crippen LogP contribution in [0.2, 0.25) is 0 Å². The molecule has 8 heteroatoms. The number of hydrogen-bond acceptors (Lipinski definition) is 8. The summed E-state index contributed by atoms with van der Waals surface area (Å²) in [6.07, 6.45) is 0.0741. The van der Waals surface area contributed by atoms with Gasteiger partial charge >= 0.3 is 0 Å². The Morgan fingerprint density at radius 3 is 2.17 bits per heavy atom. The number of ether oxygens (including phenoxy) is 7. The zero-order valence-corrected chi connectivity index (χ0v) is 22.5. The number of rotatable bonds is 11. The first kappa shape index (κ1) is 27.3. The number of benzene rings is 1. The van der Waals surface area contributed by atoms with Crippen LogP contribution in [0.15, 0.2) is 30.3 Å². The van der Waals surface area contributed by atoms with E-state index < -0.39 is 0 Å². The van der Waals surface area contributed by atoms with Crippen LogP contribution in [0.5, 0.6) is 0 Å². The van der Waals surface area contributed by atoms with Crippen molar-refractivity contribution in [1.82, 2.24) is 0 Å². The van der Waals surface area contributed by atoms with Gasteiger partial charge in [0, 0.05) is 20.8 Å². The van der Waals surface area contributed by atoms with E-state index in [1.165, 1.54) is 0 Å². The first-order chi connectivity index (χ1) is 17.0. The second-order valence-electron chi connectivity index (χ2n) is 9.95. The minimum atomic E-state index is -0.314. The smallest absolute Gasteiger partial charge is 0.132 e. The molecule has 2 aliphatic heterocycles. The molecule has 1 saturated carbocycles. The molecule has 9 atom stereocenters. The average Bonchev–Trinajstić information content (AvgIpc) is 2.87. The maximum absolute atomic E-state index is 6.86. The molecule has 4 rings (SSSR count). The Hall–Kier alpha value is -0.710. The second kappa shape index (κ2) is 13.2. The predicted molar refractivity (Wildman–Crippen MR) is 136 cm³/mol. The molecule has 0 radical (unpaired) electrons. The van der Waals surface area contributed by atoms with Gasteiger partial charge in [-0.25, -0.2) is 0 Å². The van der Waals surface area contributed by atoms with E-state index in [0.717, 1.165) is 24.2 Å². The molecule has 2 heterocycles.